The van der Waals surface area contributed by atoms with E-state index in [4.69, 9.17) is 11.6 Å². The maximum absolute atomic E-state index is 13.6. The smallest absolute Gasteiger partial charge is 0.139 e. The van der Waals surface area contributed by atoms with Gasteiger partial charge in [0.05, 0.1) is 21.4 Å². The highest BCUT2D eigenvalue weighted by molar-refractivity contribution is 9.10. The predicted molar refractivity (Wildman–Crippen MR) is 78.9 cm³/mol. The highest BCUT2D eigenvalue weighted by atomic mass is 79.9. The Labute approximate surface area is 125 Å². The van der Waals surface area contributed by atoms with Crippen molar-refractivity contribution in [3.05, 3.63) is 28.2 Å². The van der Waals surface area contributed by atoms with Crippen molar-refractivity contribution in [1.82, 2.24) is 9.55 Å². The number of fused-ring (bicyclic) bond motifs is 1. The van der Waals surface area contributed by atoms with Crippen molar-refractivity contribution in [3.63, 3.8) is 0 Å². The Morgan fingerprint density at radius 3 is 2.79 bits per heavy atom. The van der Waals surface area contributed by atoms with Crippen LogP contribution >= 0.6 is 27.5 Å². The van der Waals surface area contributed by atoms with Gasteiger partial charge in [0.25, 0.3) is 0 Å². The van der Waals surface area contributed by atoms with E-state index in [1.807, 2.05) is 0 Å². The lowest BCUT2D eigenvalue weighted by molar-refractivity contribution is 0.133. The van der Waals surface area contributed by atoms with Crippen LogP contribution in [-0.4, -0.2) is 9.55 Å². The second-order valence-electron chi connectivity index (χ2n) is 5.67. The molecule has 1 aromatic carbocycles. The van der Waals surface area contributed by atoms with Crippen LogP contribution in [0.25, 0.3) is 11.0 Å². The van der Waals surface area contributed by atoms with E-state index in [-0.39, 0.29) is 5.82 Å². The molecule has 2 aromatic rings. The number of benzene rings is 1. The molecule has 1 aliphatic carbocycles. The van der Waals surface area contributed by atoms with Gasteiger partial charge < -0.3 is 4.57 Å². The number of imidazole rings is 1. The second kappa shape index (κ2) is 4.74. The normalized spacial score (nSPS) is 17.7. The van der Waals surface area contributed by atoms with Crippen LogP contribution in [0.1, 0.15) is 32.0 Å². The Kier molecular flexibility index (Phi) is 3.34. The van der Waals surface area contributed by atoms with Gasteiger partial charge >= 0.3 is 0 Å². The number of aromatic nitrogens is 2. The zero-order valence-corrected chi connectivity index (χ0v) is 13.1. The van der Waals surface area contributed by atoms with Gasteiger partial charge in [0.1, 0.15) is 11.6 Å². The first-order valence-electron chi connectivity index (χ1n) is 6.42. The van der Waals surface area contributed by atoms with Crippen LogP contribution < -0.4 is 0 Å². The van der Waals surface area contributed by atoms with Crippen LogP contribution in [0.2, 0.25) is 0 Å². The first kappa shape index (κ1) is 13.4. The number of nitrogens with zero attached hydrogens (tertiary/aromatic N) is 2. The van der Waals surface area contributed by atoms with Gasteiger partial charge in [-0.1, -0.05) is 13.3 Å². The highest BCUT2D eigenvalue weighted by Gasteiger charge is 2.33. The highest BCUT2D eigenvalue weighted by Crippen LogP contribution is 2.42. The summed E-state index contributed by atoms with van der Waals surface area (Å²) in [6, 6.07) is 3.27. The maximum atomic E-state index is 13.6. The molecule has 1 aromatic heterocycles. The fraction of sp³-hybridized carbons (Fsp3) is 0.500. The molecule has 0 bridgehead atoms. The molecule has 0 N–H and O–H groups in total. The molecule has 1 fully saturated rings. The van der Waals surface area contributed by atoms with Crippen LogP contribution in [-0.2, 0) is 12.4 Å². The van der Waals surface area contributed by atoms with E-state index >= 15 is 0 Å². The molecule has 0 saturated heterocycles. The van der Waals surface area contributed by atoms with Crippen molar-refractivity contribution >= 4 is 38.6 Å². The van der Waals surface area contributed by atoms with E-state index in [0.29, 0.717) is 21.3 Å². The molecule has 0 spiro atoms. The topological polar surface area (TPSA) is 17.8 Å². The Balaban J connectivity index is 2.12. The minimum atomic E-state index is -0.284. The largest absolute Gasteiger partial charge is 0.326 e. The second-order valence-corrected chi connectivity index (χ2v) is 6.79. The molecule has 5 heteroatoms. The van der Waals surface area contributed by atoms with Gasteiger partial charge in [0, 0.05) is 12.6 Å². The molecule has 0 aliphatic heterocycles. The third-order valence-electron chi connectivity index (χ3n) is 4.09. The van der Waals surface area contributed by atoms with E-state index in [1.54, 1.807) is 6.07 Å². The van der Waals surface area contributed by atoms with Crippen molar-refractivity contribution in [2.24, 2.45) is 5.41 Å². The van der Waals surface area contributed by atoms with Crippen molar-refractivity contribution in [3.8, 4) is 0 Å². The molecule has 19 heavy (non-hydrogen) atoms. The van der Waals surface area contributed by atoms with Gasteiger partial charge in [-0.15, -0.1) is 11.6 Å². The van der Waals surface area contributed by atoms with Gasteiger partial charge in [-0.2, -0.15) is 0 Å². The summed E-state index contributed by atoms with van der Waals surface area (Å²) in [7, 11) is 0. The summed E-state index contributed by atoms with van der Waals surface area (Å²) < 4.78 is 16.2. The van der Waals surface area contributed by atoms with Crippen LogP contribution in [0, 0.1) is 11.2 Å². The molecule has 3 rings (SSSR count). The van der Waals surface area contributed by atoms with Crippen molar-refractivity contribution < 1.29 is 4.39 Å². The van der Waals surface area contributed by atoms with Crippen LogP contribution in [0.5, 0.6) is 0 Å². The summed E-state index contributed by atoms with van der Waals surface area (Å²) in [6.07, 6.45) is 3.76. The summed E-state index contributed by atoms with van der Waals surface area (Å²) in [5, 5.41) is 0. The SMILES string of the molecule is CC1(Cn2c(CCl)nc3cc(F)c(Br)cc32)CCC1. The maximum Gasteiger partial charge on any atom is 0.139 e. The minimum absolute atomic E-state index is 0.284. The third-order valence-corrected chi connectivity index (χ3v) is 4.94. The summed E-state index contributed by atoms with van der Waals surface area (Å²) in [5.41, 5.74) is 1.96. The summed E-state index contributed by atoms with van der Waals surface area (Å²) in [5.74, 6) is 0.889. The lowest BCUT2D eigenvalue weighted by atomic mass is 9.70. The van der Waals surface area contributed by atoms with E-state index in [1.165, 1.54) is 25.3 Å². The molecule has 2 nitrogen and oxygen atoms in total. The Morgan fingerprint density at radius 2 is 2.21 bits per heavy atom. The van der Waals surface area contributed by atoms with Gasteiger partial charge in [-0.05, 0) is 40.3 Å². The fourth-order valence-electron chi connectivity index (χ4n) is 2.77. The molecule has 1 aliphatic rings. The number of alkyl halides is 1. The van der Waals surface area contributed by atoms with Gasteiger partial charge in [0.2, 0.25) is 0 Å². The number of rotatable bonds is 3. The average molecular weight is 346 g/mol. The first-order chi connectivity index (χ1) is 9.02. The Bertz CT molecular complexity index is 634. The van der Waals surface area contributed by atoms with E-state index < -0.39 is 0 Å². The third kappa shape index (κ3) is 2.29. The zero-order chi connectivity index (χ0) is 13.6. The lowest BCUT2D eigenvalue weighted by Crippen LogP contribution is -2.31. The summed E-state index contributed by atoms with van der Waals surface area (Å²) in [4.78, 5) is 4.45. The summed E-state index contributed by atoms with van der Waals surface area (Å²) >= 11 is 9.23. The lowest BCUT2D eigenvalue weighted by Gasteiger charge is -2.39. The van der Waals surface area contributed by atoms with Crippen LogP contribution in [0.15, 0.2) is 16.6 Å². The number of hydrogen-bond acceptors (Lipinski definition) is 1. The molecule has 0 atom stereocenters. The fourth-order valence-corrected chi connectivity index (χ4v) is 3.30. The quantitative estimate of drug-likeness (QED) is 0.726. The molecule has 1 saturated carbocycles. The van der Waals surface area contributed by atoms with E-state index in [9.17, 15) is 4.39 Å². The Hall–Kier alpha value is -0.610. The molecule has 1 heterocycles. The van der Waals surface area contributed by atoms with Crippen molar-refractivity contribution in [2.45, 2.75) is 38.6 Å². The number of halogens is 3. The summed E-state index contributed by atoms with van der Waals surface area (Å²) in [6.45, 7) is 3.20. The molecular weight excluding hydrogens is 331 g/mol. The predicted octanol–water partition coefficient (Wildman–Crippen LogP) is 4.87. The molecule has 0 radical (unpaired) electrons. The molecule has 102 valence electrons. The molecule has 0 amide bonds. The van der Waals surface area contributed by atoms with Gasteiger partial charge in [-0.3, -0.25) is 0 Å². The van der Waals surface area contributed by atoms with Crippen LogP contribution in [0.4, 0.5) is 4.39 Å². The monoisotopic (exact) mass is 344 g/mol. The van der Waals surface area contributed by atoms with Crippen molar-refractivity contribution in [1.29, 1.82) is 0 Å². The minimum Gasteiger partial charge on any atom is -0.326 e. The van der Waals surface area contributed by atoms with Gasteiger partial charge in [-0.25, -0.2) is 9.37 Å². The molecule has 0 unspecified atom stereocenters. The molecular formula is C14H15BrClFN2. The Morgan fingerprint density at radius 1 is 1.47 bits per heavy atom. The number of hydrogen-bond donors (Lipinski definition) is 0. The van der Waals surface area contributed by atoms with E-state index in [0.717, 1.165) is 17.9 Å². The van der Waals surface area contributed by atoms with Crippen molar-refractivity contribution in [2.75, 3.05) is 0 Å². The zero-order valence-electron chi connectivity index (χ0n) is 10.7. The van der Waals surface area contributed by atoms with E-state index in [2.05, 4.69) is 32.4 Å². The average Bonchev–Trinajstić information content (AvgIpc) is 2.66. The van der Waals surface area contributed by atoms with Gasteiger partial charge in [0.15, 0.2) is 0 Å². The standard InChI is InChI=1S/C14H15BrClFN2/c1-14(3-2-4-14)8-19-12-5-9(15)10(17)6-11(12)18-13(19)7-16/h5-6H,2-4,7-8H2,1H3. The first-order valence-corrected chi connectivity index (χ1v) is 7.75. The van der Waals surface area contributed by atoms with Crippen LogP contribution in [0.3, 0.4) is 0 Å².